The van der Waals surface area contributed by atoms with Crippen molar-refractivity contribution in [2.75, 3.05) is 0 Å². The fourth-order valence-corrected chi connectivity index (χ4v) is 3.86. The molecule has 4 rings (SSSR count). The Labute approximate surface area is 231 Å². The first kappa shape index (κ1) is 26.9. The van der Waals surface area contributed by atoms with Crippen molar-refractivity contribution in [2.24, 2.45) is 0 Å². The van der Waals surface area contributed by atoms with Gasteiger partial charge in [-0.25, -0.2) is 0 Å². The van der Waals surface area contributed by atoms with E-state index in [9.17, 15) is 9.59 Å². The van der Waals surface area contributed by atoms with E-state index in [0.29, 0.717) is 47.3 Å². The molecule has 0 aliphatic carbocycles. The molecule has 4 nitrogen and oxygen atoms in total. The average Bonchev–Trinajstić information content (AvgIpc) is 2.95. The minimum Gasteiger partial charge on any atom is -0.489 e. The Hall–Kier alpha value is -4.12. The summed E-state index contributed by atoms with van der Waals surface area (Å²) < 4.78 is 11.8. The first-order valence-corrected chi connectivity index (χ1v) is 12.6. The van der Waals surface area contributed by atoms with Gasteiger partial charge in [-0.15, -0.1) is 0 Å². The number of ether oxygens (including phenoxy) is 2. The first-order chi connectivity index (χ1) is 18.5. The standard InChI is InChI=1S/C32H24Cl2O4/c33-29-11-7-23(8-12-29)21-37-31-5-1-3-25(17-31)15-27(19-35)28(20-36)16-26-4-2-6-32(18-26)38-22-24-9-13-30(34)14-10-24/h1-20H,21-22H2/b27-15+,28-16+. The second kappa shape index (κ2) is 13.4. The predicted octanol–water partition coefficient (Wildman–Crippen LogP) is 8.02. The van der Waals surface area contributed by atoms with Crippen LogP contribution in [0.15, 0.2) is 108 Å². The van der Waals surface area contributed by atoms with Crippen LogP contribution in [0.5, 0.6) is 11.5 Å². The average molecular weight is 543 g/mol. The topological polar surface area (TPSA) is 52.6 Å². The summed E-state index contributed by atoms with van der Waals surface area (Å²) in [6, 6.07) is 29.5. The van der Waals surface area contributed by atoms with Gasteiger partial charge in [-0.2, -0.15) is 0 Å². The molecule has 0 unspecified atom stereocenters. The lowest BCUT2D eigenvalue weighted by atomic mass is 10.0. The molecule has 0 saturated carbocycles. The summed E-state index contributed by atoms with van der Waals surface area (Å²) >= 11 is 11.9. The van der Waals surface area contributed by atoms with Crippen molar-refractivity contribution in [2.45, 2.75) is 13.2 Å². The highest BCUT2D eigenvalue weighted by molar-refractivity contribution is 6.30. The summed E-state index contributed by atoms with van der Waals surface area (Å²) in [5, 5.41) is 1.33. The number of halogens is 2. The normalized spacial score (nSPS) is 11.6. The minimum atomic E-state index is 0.252. The maximum Gasteiger partial charge on any atom is 0.150 e. The van der Waals surface area contributed by atoms with Gasteiger partial charge in [-0.3, -0.25) is 9.59 Å². The van der Waals surface area contributed by atoms with Gasteiger partial charge in [-0.05, 0) is 82.9 Å². The summed E-state index contributed by atoms with van der Waals surface area (Å²) in [7, 11) is 0. The monoisotopic (exact) mass is 542 g/mol. The molecular weight excluding hydrogens is 519 g/mol. The van der Waals surface area contributed by atoms with E-state index in [1.54, 1.807) is 12.2 Å². The molecule has 6 heteroatoms. The van der Waals surface area contributed by atoms with Gasteiger partial charge in [0.1, 0.15) is 24.7 Å². The third-order valence-corrected chi connectivity index (χ3v) is 6.09. The zero-order valence-electron chi connectivity index (χ0n) is 20.4. The fourth-order valence-electron chi connectivity index (χ4n) is 3.61. The van der Waals surface area contributed by atoms with Crippen LogP contribution in [-0.2, 0) is 22.8 Å². The van der Waals surface area contributed by atoms with Gasteiger partial charge in [-0.1, -0.05) is 71.7 Å². The van der Waals surface area contributed by atoms with Crippen molar-refractivity contribution in [3.05, 3.63) is 141 Å². The van der Waals surface area contributed by atoms with Crippen LogP contribution in [0.4, 0.5) is 0 Å². The Morgan fingerprint density at radius 2 is 0.974 bits per heavy atom. The fraction of sp³-hybridized carbons (Fsp3) is 0.0625. The molecular formula is C32H24Cl2O4. The maximum atomic E-state index is 11.9. The molecule has 38 heavy (non-hydrogen) atoms. The quantitative estimate of drug-likeness (QED) is 0.109. The molecule has 0 fully saturated rings. The van der Waals surface area contributed by atoms with Gasteiger partial charge in [0.2, 0.25) is 0 Å². The molecule has 0 spiro atoms. The van der Waals surface area contributed by atoms with Crippen molar-refractivity contribution in [3.63, 3.8) is 0 Å². The van der Waals surface area contributed by atoms with E-state index in [4.69, 9.17) is 32.7 Å². The van der Waals surface area contributed by atoms with E-state index < -0.39 is 0 Å². The van der Waals surface area contributed by atoms with Crippen molar-refractivity contribution < 1.29 is 19.1 Å². The highest BCUT2D eigenvalue weighted by Crippen LogP contribution is 2.22. The molecule has 0 aliphatic rings. The van der Waals surface area contributed by atoms with Crippen molar-refractivity contribution in [1.29, 1.82) is 0 Å². The second-order valence-corrected chi connectivity index (χ2v) is 9.28. The number of rotatable bonds is 11. The molecule has 4 aromatic rings. The molecule has 0 bridgehead atoms. The van der Waals surface area contributed by atoms with Gasteiger partial charge >= 0.3 is 0 Å². The molecule has 0 aliphatic heterocycles. The Morgan fingerprint density at radius 1 is 0.579 bits per heavy atom. The van der Waals surface area contributed by atoms with E-state index in [1.165, 1.54) is 0 Å². The summed E-state index contributed by atoms with van der Waals surface area (Å²) in [5.74, 6) is 1.28. The van der Waals surface area contributed by atoms with Gasteiger partial charge in [0.15, 0.2) is 12.6 Å². The van der Waals surface area contributed by atoms with Gasteiger partial charge in [0.25, 0.3) is 0 Å². The summed E-state index contributed by atoms with van der Waals surface area (Å²) in [6.45, 7) is 0.752. The summed E-state index contributed by atoms with van der Waals surface area (Å²) in [4.78, 5) is 23.9. The third-order valence-electron chi connectivity index (χ3n) is 5.59. The number of benzene rings is 4. The number of hydrogen-bond acceptors (Lipinski definition) is 4. The number of allylic oxidation sites excluding steroid dienone is 2. The lowest BCUT2D eigenvalue weighted by Crippen LogP contribution is -1.97. The van der Waals surface area contributed by atoms with Crippen molar-refractivity contribution in [1.82, 2.24) is 0 Å². The lowest BCUT2D eigenvalue weighted by molar-refractivity contribution is -0.107. The summed E-state index contributed by atoms with van der Waals surface area (Å²) in [6.07, 6.45) is 4.65. The Kier molecular flexibility index (Phi) is 9.52. The number of carbonyl (C=O) groups excluding carboxylic acids is 2. The zero-order chi connectivity index (χ0) is 26.7. The minimum absolute atomic E-state index is 0.252. The van der Waals surface area contributed by atoms with Crippen LogP contribution < -0.4 is 9.47 Å². The highest BCUT2D eigenvalue weighted by atomic mass is 35.5. The molecule has 0 heterocycles. The first-order valence-electron chi connectivity index (χ1n) is 11.8. The predicted molar refractivity (Wildman–Crippen MR) is 153 cm³/mol. The SMILES string of the molecule is O=CC(=C\c1cccc(OCc2ccc(Cl)cc2)c1)/C(C=O)=C/c1cccc(OCc2ccc(Cl)cc2)c1. The number of carbonyl (C=O) groups is 2. The van der Waals surface area contributed by atoms with E-state index in [0.717, 1.165) is 22.3 Å². The zero-order valence-corrected chi connectivity index (χ0v) is 21.9. The van der Waals surface area contributed by atoms with E-state index in [-0.39, 0.29) is 11.1 Å². The van der Waals surface area contributed by atoms with Crippen LogP contribution in [0, 0.1) is 0 Å². The van der Waals surface area contributed by atoms with Gasteiger partial charge in [0.05, 0.1) is 0 Å². The summed E-state index contributed by atoms with van der Waals surface area (Å²) in [5.41, 5.74) is 3.93. The van der Waals surface area contributed by atoms with Crippen LogP contribution >= 0.6 is 23.2 Å². The number of hydrogen-bond donors (Lipinski definition) is 0. The second-order valence-electron chi connectivity index (χ2n) is 8.41. The molecule has 0 atom stereocenters. The van der Waals surface area contributed by atoms with E-state index in [2.05, 4.69) is 0 Å². The Bertz CT molecular complexity index is 1340. The van der Waals surface area contributed by atoms with E-state index >= 15 is 0 Å². The maximum absolute atomic E-state index is 11.9. The van der Waals surface area contributed by atoms with Crippen LogP contribution in [0.2, 0.25) is 10.0 Å². The smallest absolute Gasteiger partial charge is 0.150 e. The third kappa shape index (κ3) is 7.94. The highest BCUT2D eigenvalue weighted by Gasteiger charge is 2.07. The Morgan fingerprint density at radius 3 is 1.34 bits per heavy atom. The van der Waals surface area contributed by atoms with Crippen LogP contribution in [-0.4, -0.2) is 12.6 Å². The molecule has 0 saturated heterocycles. The van der Waals surface area contributed by atoms with Crippen LogP contribution in [0.1, 0.15) is 22.3 Å². The van der Waals surface area contributed by atoms with E-state index in [1.807, 2.05) is 97.1 Å². The molecule has 190 valence electrons. The number of aldehydes is 2. The van der Waals surface area contributed by atoms with Crippen molar-refractivity contribution >= 4 is 47.9 Å². The molecule has 0 amide bonds. The lowest BCUT2D eigenvalue weighted by Gasteiger charge is -2.08. The molecule has 0 aromatic heterocycles. The molecule has 0 N–H and O–H groups in total. The Balaban J connectivity index is 1.48. The van der Waals surface area contributed by atoms with Gasteiger partial charge < -0.3 is 9.47 Å². The largest absolute Gasteiger partial charge is 0.489 e. The molecule has 0 radical (unpaired) electrons. The molecule has 4 aromatic carbocycles. The van der Waals surface area contributed by atoms with Crippen LogP contribution in [0.3, 0.4) is 0 Å². The van der Waals surface area contributed by atoms with Gasteiger partial charge in [0, 0.05) is 21.2 Å². The van der Waals surface area contributed by atoms with Crippen LogP contribution in [0.25, 0.3) is 12.2 Å². The van der Waals surface area contributed by atoms with Crippen molar-refractivity contribution in [3.8, 4) is 11.5 Å².